The lowest BCUT2D eigenvalue weighted by Crippen LogP contribution is -2.46. The summed E-state index contributed by atoms with van der Waals surface area (Å²) < 4.78 is 23.1. The summed E-state index contributed by atoms with van der Waals surface area (Å²) in [5, 5.41) is 3.85. The van der Waals surface area contributed by atoms with Crippen molar-refractivity contribution in [3.8, 4) is 0 Å². The molecule has 1 heterocycles. The smallest absolute Gasteiger partial charge is 0.169 e. The van der Waals surface area contributed by atoms with Gasteiger partial charge in [0.2, 0.25) is 0 Å². The van der Waals surface area contributed by atoms with Crippen molar-refractivity contribution in [3.05, 3.63) is 35.9 Å². The molecule has 0 unspecified atom stereocenters. The molecule has 110 valence electrons. The van der Waals surface area contributed by atoms with Crippen molar-refractivity contribution in [1.82, 2.24) is 10.2 Å². The van der Waals surface area contributed by atoms with E-state index >= 15 is 0 Å². The molecule has 1 aliphatic rings. The van der Waals surface area contributed by atoms with E-state index in [2.05, 4.69) is 5.32 Å². The van der Waals surface area contributed by atoms with Crippen LogP contribution in [0.15, 0.2) is 30.3 Å². The van der Waals surface area contributed by atoms with Crippen LogP contribution in [0.4, 0.5) is 0 Å². The average molecular weight is 312 g/mol. The van der Waals surface area contributed by atoms with Gasteiger partial charge in [-0.1, -0.05) is 30.3 Å². The first-order chi connectivity index (χ1) is 9.52. The normalized spacial score (nSPS) is 20.6. The molecule has 0 radical (unpaired) electrons. The van der Waals surface area contributed by atoms with Gasteiger partial charge in [-0.15, -0.1) is 0 Å². The van der Waals surface area contributed by atoms with E-state index in [-0.39, 0.29) is 17.5 Å². The number of benzene rings is 1. The van der Waals surface area contributed by atoms with Crippen LogP contribution in [-0.2, 0) is 16.4 Å². The van der Waals surface area contributed by atoms with Crippen LogP contribution in [0.5, 0.6) is 0 Å². The fourth-order valence-corrected chi connectivity index (χ4v) is 4.54. The van der Waals surface area contributed by atoms with Gasteiger partial charge in [0.25, 0.3) is 0 Å². The maximum absolute atomic E-state index is 11.6. The Labute approximate surface area is 126 Å². The quantitative estimate of drug-likeness (QED) is 0.855. The third kappa shape index (κ3) is 3.93. The molecule has 0 bridgehead atoms. The molecule has 0 amide bonds. The summed E-state index contributed by atoms with van der Waals surface area (Å²) in [6.45, 7) is 3.39. The van der Waals surface area contributed by atoms with Crippen LogP contribution in [0.3, 0.4) is 0 Å². The fourth-order valence-electron chi connectivity index (χ4n) is 2.46. The van der Waals surface area contributed by atoms with Gasteiger partial charge in [-0.3, -0.25) is 0 Å². The number of hydrogen-bond donors (Lipinski definition) is 1. The van der Waals surface area contributed by atoms with Crippen molar-refractivity contribution in [1.29, 1.82) is 0 Å². The maximum atomic E-state index is 11.6. The SMILES string of the molecule is CCN(C(=S)NCc1ccccc1)[C@@H]1CCS(=O)(=O)C1. The summed E-state index contributed by atoms with van der Waals surface area (Å²) >= 11 is 5.41. The highest BCUT2D eigenvalue weighted by Gasteiger charge is 2.32. The van der Waals surface area contributed by atoms with E-state index in [1.165, 1.54) is 0 Å². The van der Waals surface area contributed by atoms with Gasteiger partial charge in [0.05, 0.1) is 11.5 Å². The van der Waals surface area contributed by atoms with Crippen LogP contribution in [0, 0.1) is 0 Å². The van der Waals surface area contributed by atoms with Crippen molar-refractivity contribution in [2.24, 2.45) is 0 Å². The number of nitrogens with one attached hydrogen (secondary N) is 1. The molecule has 1 atom stereocenters. The largest absolute Gasteiger partial charge is 0.358 e. The molecule has 1 fully saturated rings. The summed E-state index contributed by atoms with van der Waals surface area (Å²) in [6.07, 6.45) is 0.670. The zero-order valence-corrected chi connectivity index (χ0v) is 13.2. The average Bonchev–Trinajstić information content (AvgIpc) is 2.78. The Kier molecular flexibility index (Phi) is 4.99. The number of thiocarbonyl (C=S) groups is 1. The summed E-state index contributed by atoms with van der Waals surface area (Å²) in [7, 11) is -2.88. The molecular weight excluding hydrogens is 292 g/mol. The molecule has 0 aromatic heterocycles. The molecular formula is C14H20N2O2S2. The van der Waals surface area contributed by atoms with Gasteiger partial charge in [-0.2, -0.15) is 0 Å². The lowest BCUT2D eigenvalue weighted by Gasteiger charge is -2.29. The minimum atomic E-state index is -2.88. The van der Waals surface area contributed by atoms with Gasteiger partial charge in [0.1, 0.15) is 0 Å². The van der Waals surface area contributed by atoms with Gasteiger partial charge in [-0.25, -0.2) is 8.42 Å². The minimum Gasteiger partial charge on any atom is -0.358 e. The third-order valence-corrected chi connectivity index (χ3v) is 5.67. The van der Waals surface area contributed by atoms with Gasteiger partial charge in [-0.05, 0) is 31.1 Å². The first-order valence-corrected chi connectivity index (χ1v) is 9.03. The van der Waals surface area contributed by atoms with Crippen molar-refractivity contribution in [3.63, 3.8) is 0 Å². The first-order valence-electron chi connectivity index (χ1n) is 6.80. The van der Waals surface area contributed by atoms with Crippen LogP contribution >= 0.6 is 12.2 Å². The second-order valence-electron chi connectivity index (χ2n) is 4.99. The molecule has 4 nitrogen and oxygen atoms in total. The Hall–Kier alpha value is -1.14. The first kappa shape index (κ1) is 15.3. The molecule has 2 rings (SSSR count). The van der Waals surface area contributed by atoms with Gasteiger partial charge < -0.3 is 10.2 Å². The topological polar surface area (TPSA) is 49.4 Å². The van der Waals surface area contributed by atoms with Crippen molar-refractivity contribution in [2.75, 3.05) is 18.1 Å². The lowest BCUT2D eigenvalue weighted by molar-refractivity contribution is 0.345. The molecule has 0 spiro atoms. The molecule has 1 aromatic rings. The van der Waals surface area contributed by atoms with E-state index in [0.717, 1.165) is 12.1 Å². The molecule has 0 aliphatic carbocycles. The maximum Gasteiger partial charge on any atom is 0.169 e. The van der Waals surface area contributed by atoms with Gasteiger partial charge in [0, 0.05) is 19.1 Å². The Bertz CT molecular complexity index is 558. The van der Waals surface area contributed by atoms with Crippen molar-refractivity contribution < 1.29 is 8.42 Å². The molecule has 20 heavy (non-hydrogen) atoms. The molecule has 1 saturated heterocycles. The van der Waals surface area contributed by atoms with E-state index in [1.807, 2.05) is 42.2 Å². The molecule has 1 aromatic carbocycles. The standard InChI is InChI=1S/C14H20N2O2S2/c1-2-16(13-8-9-20(17,18)11-13)14(19)15-10-12-6-4-3-5-7-12/h3-7,13H,2,8-11H2,1H3,(H,15,19)/t13-/m1/s1. The van der Waals surface area contributed by atoms with Crippen LogP contribution in [0.25, 0.3) is 0 Å². The predicted molar refractivity (Wildman–Crippen MR) is 85.3 cm³/mol. The van der Waals surface area contributed by atoms with Crippen LogP contribution in [0.1, 0.15) is 18.9 Å². The van der Waals surface area contributed by atoms with E-state index in [0.29, 0.717) is 18.1 Å². The highest BCUT2D eigenvalue weighted by molar-refractivity contribution is 7.91. The zero-order valence-electron chi connectivity index (χ0n) is 11.6. The van der Waals surface area contributed by atoms with Crippen molar-refractivity contribution >= 4 is 27.2 Å². The predicted octanol–water partition coefficient (Wildman–Crippen LogP) is 1.57. The van der Waals surface area contributed by atoms with Crippen LogP contribution in [0.2, 0.25) is 0 Å². The Morgan fingerprint density at radius 2 is 2.10 bits per heavy atom. The lowest BCUT2D eigenvalue weighted by atomic mass is 10.2. The Morgan fingerprint density at radius 3 is 2.65 bits per heavy atom. The minimum absolute atomic E-state index is 0.0146. The Balaban J connectivity index is 1.93. The molecule has 1 N–H and O–H groups in total. The number of sulfone groups is 1. The van der Waals surface area contributed by atoms with E-state index in [4.69, 9.17) is 12.2 Å². The van der Waals surface area contributed by atoms with E-state index in [1.54, 1.807) is 0 Å². The molecule has 6 heteroatoms. The highest BCUT2D eigenvalue weighted by atomic mass is 32.2. The van der Waals surface area contributed by atoms with Gasteiger partial charge >= 0.3 is 0 Å². The van der Waals surface area contributed by atoms with Crippen LogP contribution in [-0.4, -0.2) is 42.5 Å². The monoisotopic (exact) mass is 312 g/mol. The summed E-state index contributed by atoms with van der Waals surface area (Å²) in [5.74, 6) is 0.490. The number of rotatable bonds is 4. The number of hydrogen-bond acceptors (Lipinski definition) is 3. The summed E-state index contributed by atoms with van der Waals surface area (Å²) in [4.78, 5) is 1.99. The molecule has 1 aliphatic heterocycles. The summed E-state index contributed by atoms with van der Waals surface area (Å²) in [6, 6.07) is 10.0. The molecule has 0 saturated carbocycles. The summed E-state index contributed by atoms with van der Waals surface area (Å²) in [5.41, 5.74) is 1.16. The third-order valence-electron chi connectivity index (χ3n) is 3.54. The van der Waals surface area contributed by atoms with E-state index in [9.17, 15) is 8.42 Å². The highest BCUT2D eigenvalue weighted by Crippen LogP contribution is 2.17. The van der Waals surface area contributed by atoms with Crippen molar-refractivity contribution in [2.45, 2.75) is 25.9 Å². The van der Waals surface area contributed by atoms with Crippen LogP contribution < -0.4 is 5.32 Å². The fraction of sp³-hybridized carbons (Fsp3) is 0.500. The number of nitrogens with zero attached hydrogens (tertiary/aromatic N) is 1. The van der Waals surface area contributed by atoms with E-state index < -0.39 is 9.84 Å². The second kappa shape index (κ2) is 6.54. The van der Waals surface area contributed by atoms with Gasteiger partial charge in [0.15, 0.2) is 14.9 Å². The zero-order chi connectivity index (χ0) is 14.6. The second-order valence-corrected chi connectivity index (χ2v) is 7.60. The Morgan fingerprint density at radius 1 is 1.40 bits per heavy atom.